The molecule has 21 nitrogen and oxygen atoms in total. The van der Waals surface area contributed by atoms with Gasteiger partial charge < -0.3 is 45.7 Å². The lowest BCUT2D eigenvalue weighted by Crippen LogP contribution is -2.54. The summed E-state index contributed by atoms with van der Waals surface area (Å²) in [4.78, 5) is 91.3. The van der Waals surface area contributed by atoms with Gasteiger partial charge in [0.2, 0.25) is 17.8 Å². The fourth-order valence-electron chi connectivity index (χ4n) is 8.45. The number of piperazine rings is 1. The average molecular weight is 879 g/mol. The van der Waals surface area contributed by atoms with Crippen molar-refractivity contribution in [2.75, 3.05) is 95.4 Å². The summed E-state index contributed by atoms with van der Waals surface area (Å²) in [7, 11) is 5.32. The van der Waals surface area contributed by atoms with Crippen LogP contribution in [-0.2, 0) is 39.0 Å². The number of imide groups is 2. The third-order valence-electron chi connectivity index (χ3n) is 11.7. The minimum Gasteiger partial charge on any atom is -0.494 e. The van der Waals surface area contributed by atoms with Gasteiger partial charge >= 0.3 is 0 Å². The van der Waals surface area contributed by atoms with Gasteiger partial charge in [0.15, 0.2) is 11.4 Å². The van der Waals surface area contributed by atoms with E-state index < -0.39 is 35.6 Å². The normalized spacial score (nSPS) is 17.1. The molecule has 21 heteroatoms. The molecular formula is C43H50N12O9. The van der Waals surface area contributed by atoms with Crippen molar-refractivity contribution in [2.24, 2.45) is 12.8 Å². The van der Waals surface area contributed by atoms with Crippen LogP contribution in [0.3, 0.4) is 0 Å². The second-order valence-corrected chi connectivity index (χ2v) is 15.8. The second-order valence-electron chi connectivity index (χ2n) is 15.8. The van der Waals surface area contributed by atoms with Crippen molar-refractivity contribution in [1.82, 2.24) is 40.2 Å². The number of likely N-dealkylation sites (N-methyl/N-ethyl adjacent to an activating group) is 1. The third-order valence-corrected chi connectivity index (χ3v) is 11.7. The van der Waals surface area contributed by atoms with E-state index in [1.807, 2.05) is 12.1 Å². The summed E-state index contributed by atoms with van der Waals surface area (Å²) in [5, 5.41) is 15.9. The summed E-state index contributed by atoms with van der Waals surface area (Å²) >= 11 is 0. The monoisotopic (exact) mass is 878 g/mol. The number of nitrogens with two attached hydrogens (primary N) is 1. The number of benzene rings is 2. The van der Waals surface area contributed by atoms with Gasteiger partial charge in [0.25, 0.3) is 23.6 Å². The zero-order valence-corrected chi connectivity index (χ0v) is 35.8. The van der Waals surface area contributed by atoms with Crippen LogP contribution in [0.1, 0.15) is 65.5 Å². The Morgan fingerprint density at radius 3 is 2.42 bits per heavy atom. The lowest BCUT2D eigenvalue weighted by Gasteiger charge is -2.34. The topological polar surface area (TPSA) is 258 Å². The molecular weight excluding hydrogens is 829 g/mol. The smallest absolute Gasteiger partial charge is 0.269 e. The number of aromatic nitrogens is 4. The molecule has 2 fully saturated rings. The van der Waals surface area contributed by atoms with Crippen molar-refractivity contribution >= 4 is 58.5 Å². The van der Waals surface area contributed by atoms with Crippen molar-refractivity contribution < 1.29 is 43.0 Å². The molecule has 3 aliphatic heterocycles. The summed E-state index contributed by atoms with van der Waals surface area (Å²) in [5.41, 5.74) is 11.3. The Morgan fingerprint density at radius 2 is 1.69 bits per heavy atom. The average Bonchev–Trinajstić information content (AvgIpc) is 3.76. The van der Waals surface area contributed by atoms with E-state index in [1.165, 1.54) is 13.2 Å². The molecule has 336 valence electrons. The number of aryl methyl sites for hydroxylation is 2. The number of fused-ring (bicyclic) bond motifs is 4. The van der Waals surface area contributed by atoms with E-state index in [1.54, 1.807) is 30.1 Å². The molecule has 6 N–H and O–H groups in total. The number of methoxy groups -OCH3 is 1. The summed E-state index contributed by atoms with van der Waals surface area (Å²) in [5.74, 6) is -2.65. The summed E-state index contributed by atoms with van der Waals surface area (Å²) < 4.78 is 18.9. The molecule has 2 saturated heterocycles. The highest BCUT2D eigenvalue weighted by molar-refractivity contribution is 6.25. The zero-order chi connectivity index (χ0) is 45.1. The predicted molar refractivity (Wildman–Crippen MR) is 232 cm³/mol. The number of piperidine rings is 1. The SMILES string of the molecule is COc1c(Nc2ncc3c(n2)-c2c(c(C(N)=O)nn2C)CC3)cc(N2CCN(C)CC2)cc1C(=O)NCCOCCOCCNc1cccc2c1C(=O)N(C1CCC(=O)NC1=O)C2=O. The summed E-state index contributed by atoms with van der Waals surface area (Å²) in [6.07, 6.45) is 3.08. The lowest BCUT2D eigenvalue weighted by molar-refractivity contribution is -0.136. The van der Waals surface area contributed by atoms with E-state index in [2.05, 4.69) is 48.2 Å². The van der Waals surface area contributed by atoms with Gasteiger partial charge in [0.1, 0.15) is 6.04 Å². The number of primary amides is 1. The van der Waals surface area contributed by atoms with Gasteiger partial charge in [-0.25, -0.2) is 9.97 Å². The molecule has 0 spiro atoms. The highest BCUT2D eigenvalue weighted by Crippen LogP contribution is 2.38. The molecule has 2 aromatic carbocycles. The number of nitrogens with one attached hydrogen (secondary N) is 4. The quantitative estimate of drug-likeness (QED) is 0.0728. The fraction of sp³-hybridized carbons (Fsp3) is 0.419. The number of hydrogen-bond donors (Lipinski definition) is 5. The first-order chi connectivity index (χ1) is 30.9. The zero-order valence-electron chi connectivity index (χ0n) is 35.8. The molecule has 1 unspecified atom stereocenters. The number of ether oxygens (including phenoxy) is 3. The molecule has 6 amide bonds. The fourth-order valence-corrected chi connectivity index (χ4v) is 8.45. The predicted octanol–water partition coefficient (Wildman–Crippen LogP) is 0.855. The van der Waals surface area contributed by atoms with Crippen molar-refractivity contribution in [2.45, 2.75) is 31.7 Å². The van der Waals surface area contributed by atoms with E-state index in [9.17, 15) is 28.8 Å². The number of carbonyl (C=O) groups is 6. The van der Waals surface area contributed by atoms with Crippen LogP contribution in [0.25, 0.3) is 11.4 Å². The number of rotatable bonds is 17. The molecule has 0 bridgehead atoms. The van der Waals surface area contributed by atoms with Crippen LogP contribution in [0.2, 0.25) is 0 Å². The highest BCUT2D eigenvalue weighted by atomic mass is 16.5. The molecule has 2 aromatic heterocycles. The number of anilines is 4. The molecule has 8 rings (SSSR count). The van der Waals surface area contributed by atoms with E-state index in [-0.39, 0.29) is 74.5 Å². The molecule has 64 heavy (non-hydrogen) atoms. The van der Waals surface area contributed by atoms with Gasteiger partial charge in [-0.15, -0.1) is 0 Å². The van der Waals surface area contributed by atoms with Crippen molar-refractivity contribution in [3.05, 3.63) is 70.0 Å². The maximum atomic E-state index is 13.8. The molecule has 5 heterocycles. The molecule has 4 aliphatic rings. The van der Waals surface area contributed by atoms with Crippen LogP contribution < -0.4 is 36.6 Å². The first-order valence-electron chi connectivity index (χ1n) is 21.1. The van der Waals surface area contributed by atoms with Crippen LogP contribution in [0.5, 0.6) is 5.75 Å². The molecule has 0 radical (unpaired) electrons. The molecule has 1 atom stereocenters. The van der Waals surface area contributed by atoms with Gasteiger partial charge in [-0.3, -0.25) is 43.7 Å². The Labute approximate surface area is 368 Å². The summed E-state index contributed by atoms with van der Waals surface area (Å²) in [6, 6.07) is 7.56. The van der Waals surface area contributed by atoms with Crippen molar-refractivity contribution in [3.63, 3.8) is 0 Å². The van der Waals surface area contributed by atoms with E-state index in [0.717, 1.165) is 47.9 Å². The van der Waals surface area contributed by atoms with Crippen LogP contribution in [-0.4, -0.2) is 151 Å². The lowest BCUT2D eigenvalue weighted by atomic mass is 9.93. The number of carbonyl (C=O) groups excluding carboxylic acids is 6. The molecule has 1 aliphatic carbocycles. The van der Waals surface area contributed by atoms with Crippen molar-refractivity contribution in [3.8, 4) is 17.1 Å². The molecule has 0 saturated carbocycles. The highest BCUT2D eigenvalue weighted by Gasteiger charge is 2.45. The van der Waals surface area contributed by atoms with Crippen molar-refractivity contribution in [1.29, 1.82) is 0 Å². The second kappa shape index (κ2) is 18.8. The Hall–Kier alpha value is -6.97. The van der Waals surface area contributed by atoms with Crippen LogP contribution in [0, 0.1) is 0 Å². The Balaban J connectivity index is 0.847. The number of hydrogen-bond acceptors (Lipinski definition) is 16. The first-order valence-corrected chi connectivity index (χ1v) is 21.1. The minimum absolute atomic E-state index is 0.0400. The molecule has 4 aromatic rings. The number of amides is 6. The van der Waals surface area contributed by atoms with E-state index in [4.69, 9.17) is 24.9 Å². The maximum absolute atomic E-state index is 13.8. The van der Waals surface area contributed by atoms with E-state index >= 15 is 0 Å². The van der Waals surface area contributed by atoms with Crippen LogP contribution >= 0.6 is 0 Å². The van der Waals surface area contributed by atoms with Gasteiger partial charge in [0, 0.05) is 75.9 Å². The Kier molecular flexibility index (Phi) is 12.8. The Bertz CT molecular complexity index is 2520. The largest absolute Gasteiger partial charge is 0.494 e. The van der Waals surface area contributed by atoms with E-state index in [0.29, 0.717) is 53.5 Å². The van der Waals surface area contributed by atoms with Crippen LogP contribution in [0.15, 0.2) is 36.5 Å². The summed E-state index contributed by atoms with van der Waals surface area (Å²) in [6.45, 7) is 4.75. The van der Waals surface area contributed by atoms with Gasteiger partial charge in [-0.05, 0) is 56.1 Å². The van der Waals surface area contributed by atoms with Gasteiger partial charge in [0.05, 0.1) is 67.3 Å². The van der Waals surface area contributed by atoms with Gasteiger partial charge in [-0.2, -0.15) is 5.10 Å². The minimum atomic E-state index is -1.05. The van der Waals surface area contributed by atoms with Gasteiger partial charge in [-0.1, -0.05) is 6.07 Å². The standard InChI is InChI=1S/C43H50N12O9/c1-52-13-15-54(16-14-52)25-21-28(37(62-3)30(22-25)48-43-47-23-24-7-8-27-35(38(44)57)51-53(2)36(27)34(24)50-43)39(58)46-12-18-64-20-19-63-17-11-45-29-6-4-5-26-33(29)42(61)55(41(26)60)31-9-10-32(56)49-40(31)59/h4-6,21-23,31,45H,7-20H2,1-3H3,(H2,44,57)(H,46,58)(H,47,48,50)(H,49,56,59). The first kappa shape index (κ1) is 43.7. The Morgan fingerprint density at radius 1 is 0.922 bits per heavy atom. The number of nitrogens with zero attached hydrogens (tertiary/aromatic N) is 7. The third kappa shape index (κ3) is 8.81. The maximum Gasteiger partial charge on any atom is 0.269 e. The van der Waals surface area contributed by atoms with Crippen LogP contribution in [0.4, 0.5) is 23.0 Å².